The lowest BCUT2D eigenvalue weighted by Gasteiger charge is -2.49. The lowest BCUT2D eigenvalue weighted by atomic mass is 10.0. The zero-order valence-electron chi connectivity index (χ0n) is 23.3. The smallest absolute Gasteiger partial charge is 0.352 e. The van der Waals surface area contributed by atoms with Crippen molar-refractivity contribution in [3.05, 3.63) is 41.1 Å². The highest BCUT2D eigenvalue weighted by atomic mass is 32.2. The number of anilines is 1. The predicted octanol–water partition coefficient (Wildman–Crippen LogP) is -0.122. The number of imide groups is 1. The highest BCUT2D eigenvalue weighted by Gasteiger charge is 2.54. The number of carboxylic acid groups (broad SMARTS) is 1. The van der Waals surface area contributed by atoms with Gasteiger partial charge in [-0.05, 0) is 27.6 Å². The van der Waals surface area contributed by atoms with Crippen molar-refractivity contribution in [3.63, 3.8) is 0 Å². The van der Waals surface area contributed by atoms with Crippen molar-refractivity contribution in [2.24, 2.45) is 11.7 Å². The Kier molecular flexibility index (Phi) is 9.70. The normalized spacial score (nSPS) is 17.7. The molecule has 228 valence electrons. The Labute approximate surface area is 253 Å². The summed E-state index contributed by atoms with van der Waals surface area (Å²) in [6, 6.07) is 4.99. The lowest BCUT2D eigenvalue weighted by molar-refractivity contribution is -0.150. The van der Waals surface area contributed by atoms with E-state index in [-0.39, 0.29) is 47.1 Å². The Morgan fingerprint density at radius 1 is 1.23 bits per heavy atom. The number of urea groups is 1. The van der Waals surface area contributed by atoms with Crippen molar-refractivity contribution >= 4 is 64.8 Å². The summed E-state index contributed by atoms with van der Waals surface area (Å²) in [6.07, 6.45) is -0.178. The number of aromatic nitrogens is 4. The van der Waals surface area contributed by atoms with Crippen molar-refractivity contribution in [2.45, 2.75) is 43.4 Å². The number of carbonyl (C=O) groups excluding carboxylic acids is 5. The highest BCUT2D eigenvalue weighted by Crippen LogP contribution is 2.41. The predicted molar refractivity (Wildman–Crippen MR) is 154 cm³/mol. The Bertz CT molecular complexity index is 1510. The van der Waals surface area contributed by atoms with Crippen LogP contribution in [0.3, 0.4) is 0 Å². The molecule has 16 nitrogen and oxygen atoms in total. The number of hydrogen-bond acceptors (Lipinski definition) is 11. The molecule has 0 radical (unpaired) electrons. The van der Waals surface area contributed by atoms with Crippen molar-refractivity contribution in [1.82, 2.24) is 35.3 Å². The molecule has 1 aromatic carbocycles. The van der Waals surface area contributed by atoms with Crippen molar-refractivity contribution in [1.29, 1.82) is 0 Å². The van der Waals surface area contributed by atoms with Gasteiger partial charge in [0, 0.05) is 30.2 Å². The van der Waals surface area contributed by atoms with Gasteiger partial charge < -0.3 is 21.5 Å². The maximum Gasteiger partial charge on any atom is 0.352 e. The number of para-hydroxylation sites is 1. The SMILES string of the molecule is CC(C)C(=O)N(C)C(=O)Nc1ccccc1CC(=O)NC1C(=O)N2C(C(=O)O)=C(CSc3nnnn3CC(N)=O)CS[C@H]12. The zero-order valence-corrected chi connectivity index (χ0v) is 25.0. The fourth-order valence-electron chi connectivity index (χ4n) is 4.37. The summed E-state index contributed by atoms with van der Waals surface area (Å²) in [5.41, 5.74) is 6.27. The van der Waals surface area contributed by atoms with Gasteiger partial charge in [-0.3, -0.25) is 29.0 Å². The van der Waals surface area contributed by atoms with Crippen LogP contribution < -0.4 is 16.4 Å². The topological polar surface area (TPSA) is 223 Å². The second kappa shape index (κ2) is 13.2. The Hall–Kier alpha value is -4.45. The van der Waals surface area contributed by atoms with Crippen LogP contribution >= 0.6 is 23.5 Å². The van der Waals surface area contributed by atoms with Gasteiger partial charge in [-0.15, -0.1) is 16.9 Å². The molecule has 2 atom stereocenters. The molecule has 0 bridgehead atoms. The van der Waals surface area contributed by atoms with E-state index >= 15 is 0 Å². The molecule has 1 saturated heterocycles. The number of nitrogens with zero attached hydrogens (tertiary/aromatic N) is 6. The number of hydrogen-bond donors (Lipinski definition) is 4. The standard InChI is InChI=1S/C25H29N9O7S2/c1-12(2)20(37)32(3)24(41)27-15-7-5-4-6-13(15)8-17(36)28-18-21(38)34-19(23(39)40)14(10-42-22(18)34)11-43-25-29-30-31-33(25)9-16(26)35/h4-7,12,18,22H,8-11H2,1-3H3,(H2,26,35)(H,27,41)(H,28,36)(H,39,40)/t18?,22-/m1/s1. The summed E-state index contributed by atoms with van der Waals surface area (Å²) in [5.74, 6) is -3.35. The van der Waals surface area contributed by atoms with Crippen LogP contribution in [0.2, 0.25) is 0 Å². The molecule has 6 amide bonds. The molecule has 2 aliphatic rings. The van der Waals surface area contributed by atoms with Crippen molar-refractivity contribution in [3.8, 4) is 0 Å². The van der Waals surface area contributed by atoms with Gasteiger partial charge in [0.25, 0.3) is 5.91 Å². The fourth-order valence-corrected chi connectivity index (χ4v) is 6.73. The maximum absolute atomic E-state index is 13.1. The third-order valence-electron chi connectivity index (χ3n) is 6.49. The molecule has 5 N–H and O–H groups in total. The second-order valence-electron chi connectivity index (χ2n) is 9.90. The van der Waals surface area contributed by atoms with E-state index in [1.54, 1.807) is 38.1 Å². The highest BCUT2D eigenvalue weighted by molar-refractivity contribution is 8.01. The molecule has 1 fully saturated rings. The number of fused-ring (bicyclic) bond motifs is 1. The van der Waals surface area contributed by atoms with Crippen LogP contribution in [0.5, 0.6) is 0 Å². The zero-order chi connectivity index (χ0) is 31.4. The average molecular weight is 632 g/mol. The van der Waals surface area contributed by atoms with E-state index < -0.39 is 41.1 Å². The minimum atomic E-state index is -1.29. The number of aliphatic carboxylic acids is 1. The summed E-state index contributed by atoms with van der Waals surface area (Å²) in [7, 11) is 1.36. The van der Waals surface area contributed by atoms with Gasteiger partial charge in [0.1, 0.15) is 23.7 Å². The molecule has 18 heteroatoms. The Morgan fingerprint density at radius 3 is 2.63 bits per heavy atom. The van der Waals surface area contributed by atoms with Gasteiger partial charge in [-0.1, -0.05) is 43.8 Å². The van der Waals surface area contributed by atoms with Gasteiger partial charge >= 0.3 is 12.0 Å². The van der Waals surface area contributed by atoms with Crippen LogP contribution in [0, 0.1) is 5.92 Å². The van der Waals surface area contributed by atoms with Crippen LogP contribution in [0.15, 0.2) is 40.7 Å². The first-order valence-electron chi connectivity index (χ1n) is 12.9. The number of primary amides is 1. The molecule has 0 aliphatic carbocycles. The molecule has 3 heterocycles. The fraction of sp³-hybridized carbons (Fsp3) is 0.400. The Morgan fingerprint density at radius 2 is 1.95 bits per heavy atom. The summed E-state index contributed by atoms with van der Waals surface area (Å²) in [6.45, 7) is 3.11. The summed E-state index contributed by atoms with van der Waals surface area (Å²) in [4.78, 5) is 76.3. The number of rotatable bonds is 11. The molecule has 2 aromatic rings. The number of tetrazole rings is 1. The van der Waals surface area contributed by atoms with Gasteiger partial charge in [-0.2, -0.15) is 0 Å². The van der Waals surface area contributed by atoms with Crippen LogP contribution in [0.1, 0.15) is 19.4 Å². The third-order valence-corrected chi connectivity index (χ3v) is 8.87. The number of nitrogens with one attached hydrogen (secondary N) is 2. The summed E-state index contributed by atoms with van der Waals surface area (Å²) in [5, 5.41) is 25.9. The van der Waals surface area contributed by atoms with Gasteiger partial charge in [0.05, 0.1) is 6.42 Å². The third kappa shape index (κ3) is 6.96. The second-order valence-corrected chi connectivity index (χ2v) is 11.9. The largest absolute Gasteiger partial charge is 0.477 e. The summed E-state index contributed by atoms with van der Waals surface area (Å²) < 4.78 is 1.19. The van der Waals surface area contributed by atoms with Crippen molar-refractivity contribution in [2.75, 3.05) is 23.9 Å². The van der Waals surface area contributed by atoms with Gasteiger partial charge in [0.2, 0.25) is 22.9 Å². The average Bonchev–Trinajstić information content (AvgIpc) is 3.40. The molecule has 0 saturated carbocycles. The number of thioether (sulfide) groups is 2. The summed E-state index contributed by atoms with van der Waals surface area (Å²) >= 11 is 2.40. The number of benzene rings is 1. The first-order chi connectivity index (χ1) is 20.4. The molecule has 0 spiro atoms. The molecule has 43 heavy (non-hydrogen) atoms. The molecule has 4 rings (SSSR count). The number of carboxylic acids is 1. The van der Waals surface area contributed by atoms with Crippen LogP contribution in [-0.4, -0.2) is 101 Å². The first kappa shape index (κ1) is 31.5. The Balaban J connectivity index is 1.40. The van der Waals surface area contributed by atoms with E-state index in [1.807, 2.05) is 0 Å². The van der Waals surface area contributed by atoms with E-state index in [0.717, 1.165) is 21.6 Å². The molecular weight excluding hydrogens is 602 g/mol. The van der Waals surface area contributed by atoms with E-state index in [2.05, 4.69) is 26.2 Å². The first-order valence-corrected chi connectivity index (χ1v) is 15.0. The van der Waals surface area contributed by atoms with Crippen LogP contribution in [0.4, 0.5) is 10.5 Å². The number of amides is 6. The molecule has 1 aromatic heterocycles. The minimum Gasteiger partial charge on any atom is -0.477 e. The van der Waals surface area contributed by atoms with Crippen LogP contribution in [0.25, 0.3) is 0 Å². The van der Waals surface area contributed by atoms with E-state index in [1.165, 1.54) is 23.5 Å². The molecule has 2 aliphatic heterocycles. The van der Waals surface area contributed by atoms with E-state index in [9.17, 15) is 33.9 Å². The van der Waals surface area contributed by atoms with E-state index in [4.69, 9.17) is 5.73 Å². The van der Waals surface area contributed by atoms with E-state index in [0.29, 0.717) is 16.8 Å². The minimum absolute atomic E-state index is 0.141. The lowest BCUT2D eigenvalue weighted by Crippen LogP contribution is -2.70. The van der Waals surface area contributed by atoms with Gasteiger partial charge in [0.15, 0.2) is 0 Å². The molecule has 1 unspecified atom stereocenters. The maximum atomic E-state index is 13.1. The van der Waals surface area contributed by atoms with Crippen LogP contribution in [-0.2, 0) is 36.9 Å². The number of β-lactam (4-membered cyclic amide) rings is 1. The number of carbonyl (C=O) groups is 6. The van der Waals surface area contributed by atoms with Gasteiger partial charge in [-0.25, -0.2) is 14.3 Å². The molecular formula is C25H29N9O7S2. The number of nitrogens with two attached hydrogens (primary N) is 1. The quantitative estimate of drug-likeness (QED) is 0.188. The monoisotopic (exact) mass is 631 g/mol. The van der Waals surface area contributed by atoms with Crippen molar-refractivity contribution < 1.29 is 33.9 Å².